The normalized spacial score (nSPS) is 18.9. The van der Waals surface area contributed by atoms with Crippen LogP contribution in [0.15, 0.2) is 12.1 Å². The van der Waals surface area contributed by atoms with E-state index in [2.05, 4.69) is 10.2 Å². The lowest BCUT2D eigenvalue weighted by Crippen LogP contribution is -2.54. The van der Waals surface area contributed by atoms with E-state index >= 15 is 0 Å². The molecule has 6 heteroatoms. The van der Waals surface area contributed by atoms with Crippen LogP contribution in [0.4, 0.5) is 5.13 Å². The molecule has 4 nitrogen and oxygen atoms in total. The Hall–Kier alpha value is -1.33. The summed E-state index contributed by atoms with van der Waals surface area (Å²) in [5.74, 6) is 0.316. The van der Waals surface area contributed by atoms with E-state index in [0.717, 1.165) is 51.9 Å². The zero-order valence-electron chi connectivity index (χ0n) is 11.7. The molecule has 4 rings (SSSR count). The Kier molecular flexibility index (Phi) is 3.08. The Morgan fingerprint density at radius 3 is 2.90 bits per heavy atom. The molecule has 2 aromatic rings. The standard InChI is InChI=1S/C15H16ClN3OS/c1-8-11(16)4-5-12-13(8)18-15(21-12)19-6-9(7-19)14(20)17-10-2-3-10/h4-5,9-10H,2-3,6-7H2,1H3,(H,17,20). The average molecular weight is 322 g/mol. The molecule has 1 aromatic heterocycles. The fourth-order valence-corrected chi connectivity index (χ4v) is 3.77. The van der Waals surface area contributed by atoms with Gasteiger partial charge >= 0.3 is 0 Å². The second kappa shape index (κ2) is 4.85. The quantitative estimate of drug-likeness (QED) is 0.945. The van der Waals surface area contributed by atoms with Crippen molar-refractivity contribution < 1.29 is 4.79 Å². The molecule has 2 aliphatic rings. The molecule has 0 unspecified atom stereocenters. The van der Waals surface area contributed by atoms with Gasteiger partial charge in [-0.25, -0.2) is 4.98 Å². The Balaban J connectivity index is 1.48. The molecule has 21 heavy (non-hydrogen) atoms. The monoisotopic (exact) mass is 321 g/mol. The molecule has 1 aromatic carbocycles. The fraction of sp³-hybridized carbons (Fsp3) is 0.467. The molecule has 0 radical (unpaired) electrons. The largest absolute Gasteiger partial charge is 0.353 e. The predicted octanol–water partition coefficient (Wildman–Crippen LogP) is 2.97. The van der Waals surface area contributed by atoms with E-state index in [9.17, 15) is 4.79 Å². The molecular weight excluding hydrogens is 306 g/mol. The molecule has 0 bridgehead atoms. The molecule has 2 heterocycles. The van der Waals surface area contributed by atoms with Gasteiger partial charge in [0.1, 0.15) is 0 Å². The second-order valence-corrected chi connectivity index (χ2v) is 7.32. The molecular formula is C15H16ClN3OS. The SMILES string of the molecule is Cc1c(Cl)ccc2sc(N3CC(C(=O)NC4CC4)C3)nc12. The molecule has 1 aliphatic carbocycles. The lowest BCUT2D eigenvalue weighted by Gasteiger charge is -2.38. The van der Waals surface area contributed by atoms with Gasteiger partial charge in [-0.3, -0.25) is 4.79 Å². The number of anilines is 1. The van der Waals surface area contributed by atoms with Gasteiger partial charge in [0.15, 0.2) is 5.13 Å². The number of carbonyl (C=O) groups is 1. The third-order valence-electron chi connectivity index (χ3n) is 4.18. The molecule has 1 N–H and O–H groups in total. The van der Waals surface area contributed by atoms with Crippen LogP contribution in [0.25, 0.3) is 10.2 Å². The molecule has 1 amide bonds. The highest BCUT2D eigenvalue weighted by Gasteiger charge is 2.36. The highest BCUT2D eigenvalue weighted by molar-refractivity contribution is 7.22. The summed E-state index contributed by atoms with van der Waals surface area (Å²) in [4.78, 5) is 18.8. The summed E-state index contributed by atoms with van der Waals surface area (Å²) in [7, 11) is 0. The van der Waals surface area contributed by atoms with E-state index in [1.165, 1.54) is 0 Å². The number of nitrogens with one attached hydrogen (secondary N) is 1. The van der Waals surface area contributed by atoms with Crippen molar-refractivity contribution in [3.63, 3.8) is 0 Å². The number of rotatable bonds is 3. The second-order valence-electron chi connectivity index (χ2n) is 5.90. The van der Waals surface area contributed by atoms with Crippen molar-refractivity contribution >= 4 is 44.2 Å². The Morgan fingerprint density at radius 2 is 2.19 bits per heavy atom. The number of carbonyl (C=O) groups excluding carboxylic acids is 1. The van der Waals surface area contributed by atoms with Crippen LogP contribution in [0.3, 0.4) is 0 Å². The average Bonchev–Trinajstić information content (AvgIpc) is 3.10. The van der Waals surface area contributed by atoms with Crippen molar-refractivity contribution in [3.05, 3.63) is 22.7 Å². The van der Waals surface area contributed by atoms with Gasteiger partial charge in [-0.2, -0.15) is 0 Å². The maximum Gasteiger partial charge on any atom is 0.226 e. The van der Waals surface area contributed by atoms with Gasteiger partial charge < -0.3 is 10.2 Å². The van der Waals surface area contributed by atoms with Crippen LogP contribution in [0.1, 0.15) is 18.4 Å². The minimum Gasteiger partial charge on any atom is -0.353 e. The van der Waals surface area contributed by atoms with Crippen molar-refractivity contribution in [3.8, 4) is 0 Å². The summed E-state index contributed by atoms with van der Waals surface area (Å²) < 4.78 is 1.15. The Bertz CT molecular complexity index is 719. The van der Waals surface area contributed by atoms with Crippen LogP contribution in [0.2, 0.25) is 5.02 Å². The summed E-state index contributed by atoms with van der Waals surface area (Å²) in [6, 6.07) is 4.38. The molecule has 1 saturated heterocycles. The van der Waals surface area contributed by atoms with E-state index < -0.39 is 0 Å². The third-order valence-corrected chi connectivity index (χ3v) is 5.67. The molecule has 0 spiro atoms. The van der Waals surface area contributed by atoms with Gasteiger partial charge in [0, 0.05) is 24.2 Å². The number of nitrogens with zero attached hydrogens (tertiary/aromatic N) is 2. The number of benzene rings is 1. The van der Waals surface area contributed by atoms with Crippen LogP contribution in [0.5, 0.6) is 0 Å². The maximum atomic E-state index is 12.0. The Labute approximate surface area is 132 Å². The summed E-state index contributed by atoms with van der Waals surface area (Å²) in [5.41, 5.74) is 2.01. The lowest BCUT2D eigenvalue weighted by molar-refractivity contribution is -0.125. The van der Waals surface area contributed by atoms with Gasteiger partial charge in [-0.05, 0) is 37.5 Å². The van der Waals surface area contributed by atoms with Crippen molar-refractivity contribution in [1.29, 1.82) is 0 Å². The number of halogens is 1. The van der Waals surface area contributed by atoms with Crippen molar-refractivity contribution in [2.45, 2.75) is 25.8 Å². The van der Waals surface area contributed by atoms with Gasteiger partial charge in [0.25, 0.3) is 0 Å². The van der Waals surface area contributed by atoms with Crippen molar-refractivity contribution in [1.82, 2.24) is 10.3 Å². The molecule has 1 aliphatic heterocycles. The van der Waals surface area contributed by atoms with Crippen LogP contribution in [-0.2, 0) is 4.79 Å². The van der Waals surface area contributed by atoms with E-state index in [1.54, 1.807) is 11.3 Å². The molecule has 2 fully saturated rings. The summed E-state index contributed by atoms with van der Waals surface area (Å²) in [5, 5.41) is 4.82. The van der Waals surface area contributed by atoms with Gasteiger partial charge in [0.05, 0.1) is 16.1 Å². The minimum absolute atomic E-state index is 0.113. The predicted molar refractivity (Wildman–Crippen MR) is 86.2 cm³/mol. The van der Waals surface area contributed by atoms with Gasteiger partial charge in [0.2, 0.25) is 5.91 Å². The summed E-state index contributed by atoms with van der Waals surface area (Å²) in [6.45, 7) is 3.53. The van der Waals surface area contributed by atoms with E-state index in [4.69, 9.17) is 16.6 Å². The highest BCUT2D eigenvalue weighted by atomic mass is 35.5. The van der Waals surface area contributed by atoms with E-state index in [-0.39, 0.29) is 11.8 Å². The van der Waals surface area contributed by atoms with Crippen LogP contribution >= 0.6 is 22.9 Å². The van der Waals surface area contributed by atoms with Gasteiger partial charge in [-0.1, -0.05) is 22.9 Å². The number of hydrogen-bond donors (Lipinski definition) is 1. The van der Waals surface area contributed by atoms with E-state index in [1.807, 2.05) is 19.1 Å². The van der Waals surface area contributed by atoms with Gasteiger partial charge in [-0.15, -0.1) is 0 Å². The summed E-state index contributed by atoms with van der Waals surface area (Å²) >= 11 is 7.81. The third kappa shape index (κ3) is 2.38. The zero-order chi connectivity index (χ0) is 14.6. The van der Waals surface area contributed by atoms with E-state index in [0.29, 0.717) is 6.04 Å². The number of fused-ring (bicyclic) bond motifs is 1. The maximum absolute atomic E-state index is 12.0. The molecule has 0 atom stereocenters. The summed E-state index contributed by atoms with van der Waals surface area (Å²) in [6.07, 6.45) is 2.28. The lowest BCUT2D eigenvalue weighted by atomic mass is 10.00. The molecule has 110 valence electrons. The van der Waals surface area contributed by atoms with Crippen molar-refractivity contribution in [2.24, 2.45) is 5.92 Å². The fourth-order valence-electron chi connectivity index (χ4n) is 2.57. The number of aromatic nitrogens is 1. The first-order valence-corrected chi connectivity index (χ1v) is 8.42. The van der Waals surface area contributed by atoms with Crippen LogP contribution in [0, 0.1) is 12.8 Å². The minimum atomic E-state index is 0.113. The first-order chi connectivity index (χ1) is 10.1. The van der Waals surface area contributed by atoms with Crippen LogP contribution < -0.4 is 10.2 Å². The topological polar surface area (TPSA) is 45.2 Å². The molecule has 1 saturated carbocycles. The first kappa shape index (κ1) is 13.3. The first-order valence-electron chi connectivity index (χ1n) is 7.23. The Morgan fingerprint density at radius 1 is 1.43 bits per heavy atom. The van der Waals surface area contributed by atoms with Crippen molar-refractivity contribution in [2.75, 3.05) is 18.0 Å². The smallest absolute Gasteiger partial charge is 0.226 e. The number of aryl methyl sites for hydroxylation is 1. The number of amides is 1. The zero-order valence-corrected chi connectivity index (χ0v) is 13.3. The number of hydrogen-bond acceptors (Lipinski definition) is 4. The van der Waals surface area contributed by atoms with Crippen LogP contribution in [-0.4, -0.2) is 30.0 Å². The highest BCUT2D eigenvalue weighted by Crippen LogP contribution is 2.36. The number of thiazole rings is 1.